The molecule has 0 atom stereocenters. The molecular weight excluding hydrogens is 244 g/mol. The van der Waals surface area contributed by atoms with E-state index in [0.717, 1.165) is 24.3 Å². The van der Waals surface area contributed by atoms with E-state index in [1.807, 2.05) is 12.1 Å². The molecule has 1 N–H and O–H groups in total. The topological polar surface area (TPSA) is 24.9 Å². The molecule has 1 aromatic heterocycles. The lowest BCUT2D eigenvalue weighted by molar-refractivity contribution is 0.727. The van der Waals surface area contributed by atoms with Crippen LogP contribution < -0.4 is 5.32 Å². The van der Waals surface area contributed by atoms with Crippen molar-refractivity contribution in [1.82, 2.24) is 10.3 Å². The van der Waals surface area contributed by atoms with Crippen molar-refractivity contribution >= 4 is 10.9 Å². The van der Waals surface area contributed by atoms with E-state index in [0.29, 0.717) is 0 Å². The van der Waals surface area contributed by atoms with Gasteiger partial charge >= 0.3 is 0 Å². The van der Waals surface area contributed by atoms with Gasteiger partial charge in [0, 0.05) is 17.5 Å². The number of nitrogens with zero attached hydrogens (tertiary/aromatic N) is 1. The largest absolute Gasteiger partial charge is 0.313 e. The van der Waals surface area contributed by atoms with Gasteiger partial charge in [0.15, 0.2) is 0 Å². The molecule has 0 aliphatic carbocycles. The van der Waals surface area contributed by atoms with Crippen LogP contribution in [0.3, 0.4) is 0 Å². The Morgan fingerprint density at radius 1 is 0.950 bits per heavy atom. The average Bonchev–Trinajstić information content (AvgIpc) is 2.53. The van der Waals surface area contributed by atoms with E-state index in [4.69, 9.17) is 4.98 Å². The summed E-state index contributed by atoms with van der Waals surface area (Å²) in [6, 6.07) is 21.0. The van der Waals surface area contributed by atoms with E-state index in [2.05, 4.69) is 60.8 Å². The van der Waals surface area contributed by atoms with Crippen molar-refractivity contribution in [2.75, 3.05) is 6.54 Å². The fourth-order valence-electron chi connectivity index (χ4n) is 2.34. The fraction of sp³-hybridized carbons (Fsp3) is 0.167. The molecule has 0 spiro atoms. The molecule has 0 saturated carbocycles. The Morgan fingerprint density at radius 2 is 1.85 bits per heavy atom. The lowest BCUT2D eigenvalue weighted by atomic mass is 10.1. The molecular formula is C18H18N2. The van der Waals surface area contributed by atoms with Crippen LogP contribution in [-0.4, -0.2) is 11.5 Å². The highest BCUT2D eigenvalue weighted by Crippen LogP contribution is 2.21. The molecule has 0 radical (unpaired) electrons. The Morgan fingerprint density at radius 3 is 2.75 bits per heavy atom. The summed E-state index contributed by atoms with van der Waals surface area (Å²) >= 11 is 0. The number of nitrogens with one attached hydrogen (secondary N) is 1. The van der Waals surface area contributed by atoms with E-state index in [-0.39, 0.29) is 0 Å². The Hall–Kier alpha value is -2.19. The zero-order valence-electron chi connectivity index (χ0n) is 11.6. The minimum atomic E-state index is 0.901. The highest BCUT2D eigenvalue weighted by atomic mass is 14.8. The van der Waals surface area contributed by atoms with Crippen molar-refractivity contribution < 1.29 is 0 Å². The van der Waals surface area contributed by atoms with E-state index >= 15 is 0 Å². The van der Waals surface area contributed by atoms with Crippen molar-refractivity contribution in [1.29, 1.82) is 0 Å². The van der Waals surface area contributed by atoms with Crippen molar-refractivity contribution in [2.24, 2.45) is 0 Å². The lowest BCUT2D eigenvalue weighted by Crippen LogP contribution is -2.11. The van der Waals surface area contributed by atoms with Crippen LogP contribution in [0.4, 0.5) is 0 Å². The van der Waals surface area contributed by atoms with Crippen molar-refractivity contribution in [3.63, 3.8) is 0 Å². The van der Waals surface area contributed by atoms with Crippen molar-refractivity contribution in [3.8, 4) is 11.3 Å². The third-order valence-electron chi connectivity index (χ3n) is 3.40. The van der Waals surface area contributed by atoms with Crippen LogP contribution in [0.15, 0.2) is 60.7 Å². The number of aromatic nitrogens is 1. The predicted molar refractivity (Wildman–Crippen MR) is 84.6 cm³/mol. The van der Waals surface area contributed by atoms with Crippen LogP contribution in [0.25, 0.3) is 22.2 Å². The van der Waals surface area contributed by atoms with Gasteiger partial charge in [-0.05, 0) is 30.3 Å². The van der Waals surface area contributed by atoms with Crippen LogP contribution in [-0.2, 0) is 6.54 Å². The zero-order valence-corrected chi connectivity index (χ0v) is 11.6. The van der Waals surface area contributed by atoms with Crippen LogP contribution in [0.2, 0.25) is 0 Å². The Kier molecular flexibility index (Phi) is 3.75. The second kappa shape index (κ2) is 5.85. The predicted octanol–water partition coefficient (Wildman–Crippen LogP) is 4.01. The minimum absolute atomic E-state index is 0.901. The van der Waals surface area contributed by atoms with Gasteiger partial charge in [-0.1, -0.05) is 49.4 Å². The smallest absolute Gasteiger partial charge is 0.0709 e. The third-order valence-corrected chi connectivity index (χ3v) is 3.40. The van der Waals surface area contributed by atoms with Gasteiger partial charge in [0.1, 0.15) is 0 Å². The first-order chi connectivity index (χ1) is 9.86. The van der Waals surface area contributed by atoms with Crippen LogP contribution >= 0.6 is 0 Å². The highest BCUT2D eigenvalue weighted by molar-refractivity contribution is 5.81. The Bertz CT molecular complexity index is 719. The molecule has 3 aromatic rings. The number of pyridine rings is 1. The van der Waals surface area contributed by atoms with Gasteiger partial charge in [-0.25, -0.2) is 4.98 Å². The molecule has 0 aliphatic rings. The number of hydrogen-bond donors (Lipinski definition) is 1. The number of benzene rings is 2. The van der Waals surface area contributed by atoms with E-state index in [9.17, 15) is 0 Å². The van der Waals surface area contributed by atoms with Gasteiger partial charge in [-0.3, -0.25) is 0 Å². The molecule has 2 heteroatoms. The first-order valence-corrected chi connectivity index (χ1v) is 7.02. The number of rotatable bonds is 4. The van der Waals surface area contributed by atoms with Crippen LogP contribution in [0, 0.1) is 0 Å². The summed E-state index contributed by atoms with van der Waals surface area (Å²) in [4.78, 5) is 4.75. The van der Waals surface area contributed by atoms with Gasteiger partial charge in [0.2, 0.25) is 0 Å². The summed E-state index contributed by atoms with van der Waals surface area (Å²) in [5, 5.41) is 4.53. The maximum Gasteiger partial charge on any atom is 0.0709 e. The Labute approximate surface area is 119 Å². The summed E-state index contributed by atoms with van der Waals surface area (Å²) in [6.45, 7) is 4.01. The molecule has 2 nitrogen and oxygen atoms in total. The van der Waals surface area contributed by atoms with Gasteiger partial charge in [0.05, 0.1) is 11.2 Å². The lowest BCUT2D eigenvalue weighted by Gasteiger charge is -2.06. The summed E-state index contributed by atoms with van der Waals surface area (Å²) in [6.07, 6.45) is 0. The van der Waals surface area contributed by atoms with Crippen LogP contribution in [0.5, 0.6) is 0 Å². The molecule has 3 rings (SSSR count). The first-order valence-electron chi connectivity index (χ1n) is 7.02. The molecule has 20 heavy (non-hydrogen) atoms. The highest BCUT2D eigenvalue weighted by Gasteiger charge is 2.02. The summed E-state index contributed by atoms with van der Waals surface area (Å²) < 4.78 is 0. The quantitative estimate of drug-likeness (QED) is 0.768. The minimum Gasteiger partial charge on any atom is -0.313 e. The van der Waals surface area contributed by atoms with Gasteiger partial charge in [-0.15, -0.1) is 0 Å². The molecule has 0 aliphatic heterocycles. The van der Waals surface area contributed by atoms with Crippen molar-refractivity contribution in [2.45, 2.75) is 13.5 Å². The first kappa shape index (κ1) is 12.8. The number of para-hydroxylation sites is 1. The number of hydrogen-bond acceptors (Lipinski definition) is 2. The molecule has 1 heterocycles. The fourth-order valence-corrected chi connectivity index (χ4v) is 2.34. The normalized spacial score (nSPS) is 10.8. The maximum absolute atomic E-state index is 4.75. The molecule has 0 unspecified atom stereocenters. The maximum atomic E-state index is 4.75. The van der Waals surface area contributed by atoms with Crippen LogP contribution in [0.1, 0.15) is 12.5 Å². The van der Waals surface area contributed by atoms with Gasteiger partial charge in [-0.2, -0.15) is 0 Å². The summed E-state index contributed by atoms with van der Waals surface area (Å²) in [5.41, 5.74) is 4.54. The average molecular weight is 262 g/mol. The standard InChI is InChI=1S/C18H18N2/c1-2-19-13-14-6-5-8-16(12-14)18-11-10-15-7-3-4-9-17(15)20-18/h3-12,19H,2,13H2,1H3. The second-order valence-electron chi connectivity index (χ2n) is 4.87. The molecule has 0 amide bonds. The van der Waals surface area contributed by atoms with Gasteiger partial charge < -0.3 is 5.32 Å². The SMILES string of the molecule is CCNCc1cccc(-c2ccc3ccccc3n2)c1. The third kappa shape index (κ3) is 2.70. The zero-order chi connectivity index (χ0) is 13.8. The number of fused-ring (bicyclic) bond motifs is 1. The molecule has 2 aromatic carbocycles. The molecule has 0 saturated heterocycles. The Balaban J connectivity index is 1.97. The van der Waals surface area contributed by atoms with Gasteiger partial charge in [0.25, 0.3) is 0 Å². The molecule has 0 bridgehead atoms. The monoisotopic (exact) mass is 262 g/mol. The summed E-state index contributed by atoms with van der Waals surface area (Å²) in [7, 11) is 0. The molecule has 0 fully saturated rings. The molecule has 100 valence electrons. The summed E-state index contributed by atoms with van der Waals surface area (Å²) in [5.74, 6) is 0. The van der Waals surface area contributed by atoms with Crippen molar-refractivity contribution in [3.05, 3.63) is 66.2 Å². The van der Waals surface area contributed by atoms with E-state index in [1.165, 1.54) is 16.5 Å². The second-order valence-corrected chi connectivity index (χ2v) is 4.87. The van der Waals surface area contributed by atoms with E-state index in [1.54, 1.807) is 0 Å². The van der Waals surface area contributed by atoms with E-state index < -0.39 is 0 Å².